The Morgan fingerprint density at radius 2 is 1.77 bits per heavy atom. The van der Waals surface area contributed by atoms with Crippen LogP contribution in [0.4, 0.5) is 0 Å². The van der Waals surface area contributed by atoms with Crippen molar-refractivity contribution in [3.8, 4) is 0 Å². The third-order valence-corrected chi connectivity index (χ3v) is 6.61. The van der Waals surface area contributed by atoms with Crippen LogP contribution in [0.2, 0.25) is 0 Å². The molecule has 6 nitrogen and oxygen atoms in total. The summed E-state index contributed by atoms with van der Waals surface area (Å²) in [6.45, 7) is 5.07. The van der Waals surface area contributed by atoms with Gasteiger partial charge < -0.3 is 10.1 Å². The van der Waals surface area contributed by atoms with Crippen molar-refractivity contribution in [3.63, 3.8) is 0 Å². The fraction of sp³-hybridized carbons (Fsp3) is 0.179. The molecular weight excluding hydrogens is 458 g/mol. The number of hydrogen-bond donors (Lipinski definition) is 1. The minimum Gasteiger partial charge on any atom is -0.383 e. The Bertz CT molecular complexity index is 1380. The summed E-state index contributed by atoms with van der Waals surface area (Å²) >= 11 is 1.53. The first-order valence-electron chi connectivity index (χ1n) is 11.3. The number of para-hydroxylation sites is 1. The largest absolute Gasteiger partial charge is 0.383 e. The second-order valence-electron chi connectivity index (χ2n) is 7.98. The predicted octanol–water partition coefficient (Wildman–Crippen LogP) is 4.76. The van der Waals surface area contributed by atoms with E-state index in [-0.39, 0.29) is 11.5 Å². The summed E-state index contributed by atoms with van der Waals surface area (Å²) in [4.78, 5) is 30.5. The van der Waals surface area contributed by atoms with Crippen LogP contribution in [0.5, 0.6) is 0 Å². The monoisotopic (exact) mass is 485 g/mol. The first-order valence-corrected chi connectivity index (χ1v) is 12.3. The Morgan fingerprint density at radius 1 is 1.06 bits per heavy atom. The first-order chi connectivity index (χ1) is 17.1. The molecule has 1 heterocycles. The smallest absolute Gasteiger partial charge is 0.262 e. The Hall–Kier alpha value is -3.68. The molecule has 0 saturated heterocycles. The van der Waals surface area contributed by atoms with Crippen LogP contribution in [0.25, 0.3) is 17.0 Å². The number of ether oxygens (including phenoxy) is 1. The van der Waals surface area contributed by atoms with Gasteiger partial charge in [0.25, 0.3) is 11.5 Å². The van der Waals surface area contributed by atoms with Gasteiger partial charge >= 0.3 is 0 Å². The number of fused-ring (bicyclic) bond motifs is 1. The van der Waals surface area contributed by atoms with Crippen molar-refractivity contribution in [2.45, 2.75) is 17.5 Å². The average molecular weight is 486 g/mol. The highest BCUT2D eigenvalue weighted by Gasteiger charge is 2.13. The van der Waals surface area contributed by atoms with E-state index in [1.165, 1.54) is 11.8 Å². The van der Waals surface area contributed by atoms with Gasteiger partial charge in [0.1, 0.15) is 0 Å². The van der Waals surface area contributed by atoms with Gasteiger partial charge in [-0.05, 0) is 41.0 Å². The SMILES string of the molecule is C=Cc1ccc(CSc2nc3ccccc3c(=O)n2Cc2ccc(C(=O)NCCOC)cc2)cc1. The predicted molar refractivity (Wildman–Crippen MR) is 142 cm³/mol. The van der Waals surface area contributed by atoms with Crippen molar-refractivity contribution < 1.29 is 9.53 Å². The lowest BCUT2D eigenvalue weighted by Crippen LogP contribution is -2.27. The molecule has 0 aliphatic carbocycles. The molecule has 0 aliphatic rings. The maximum absolute atomic E-state index is 13.4. The van der Waals surface area contributed by atoms with E-state index in [0.29, 0.717) is 47.1 Å². The number of carbonyl (C=O) groups excluding carboxylic acids is 1. The molecule has 7 heteroatoms. The van der Waals surface area contributed by atoms with Crippen LogP contribution >= 0.6 is 11.8 Å². The number of benzene rings is 3. The molecule has 0 unspecified atom stereocenters. The molecule has 0 saturated carbocycles. The highest BCUT2D eigenvalue weighted by Crippen LogP contribution is 2.23. The third kappa shape index (κ3) is 6.07. The standard InChI is InChI=1S/C28H27N3O3S/c1-3-20-8-10-22(11-9-20)19-35-28-30-25-7-5-4-6-24(25)27(33)31(28)18-21-12-14-23(15-13-21)26(32)29-16-17-34-2/h3-15H,1,16-19H2,2H3,(H,29,32). The van der Waals surface area contributed by atoms with Crippen molar-refractivity contribution in [1.29, 1.82) is 0 Å². The first kappa shape index (κ1) is 24.4. The van der Waals surface area contributed by atoms with E-state index in [0.717, 1.165) is 16.7 Å². The van der Waals surface area contributed by atoms with Crippen LogP contribution < -0.4 is 10.9 Å². The third-order valence-electron chi connectivity index (χ3n) is 5.56. The molecule has 0 spiro atoms. The number of thioether (sulfide) groups is 1. The molecule has 4 aromatic rings. The Kier molecular flexibility index (Phi) is 8.13. The van der Waals surface area contributed by atoms with E-state index in [1.54, 1.807) is 29.9 Å². The molecule has 178 valence electrons. The van der Waals surface area contributed by atoms with E-state index in [9.17, 15) is 9.59 Å². The molecule has 1 amide bonds. The molecule has 0 bridgehead atoms. The second-order valence-corrected chi connectivity index (χ2v) is 8.93. The lowest BCUT2D eigenvalue weighted by Gasteiger charge is -2.14. The van der Waals surface area contributed by atoms with Crippen LogP contribution in [-0.4, -0.2) is 35.7 Å². The van der Waals surface area contributed by atoms with Gasteiger partial charge in [-0.25, -0.2) is 4.98 Å². The minimum atomic E-state index is -0.156. The fourth-order valence-electron chi connectivity index (χ4n) is 3.61. The van der Waals surface area contributed by atoms with Crippen LogP contribution in [0.15, 0.2) is 89.3 Å². The van der Waals surface area contributed by atoms with Crippen molar-refractivity contribution in [1.82, 2.24) is 14.9 Å². The zero-order valence-corrected chi connectivity index (χ0v) is 20.4. The van der Waals surface area contributed by atoms with Gasteiger partial charge in [-0.2, -0.15) is 0 Å². The summed E-state index contributed by atoms with van der Waals surface area (Å²) in [5.41, 5.74) is 4.28. The number of nitrogens with zero attached hydrogens (tertiary/aromatic N) is 2. The number of nitrogens with one attached hydrogen (secondary N) is 1. The molecular formula is C28H27N3O3S. The molecule has 1 N–H and O–H groups in total. The molecule has 35 heavy (non-hydrogen) atoms. The van der Waals surface area contributed by atoms with E-state index in [2.05, 4.69) is 24.0 Å². The topological polar surface area (TPSA) is 73.2 Å². The number of amides is 1. The number of carbonyl (C=O) groups is 1. The maximum Gasteiger partial charge on any atom is 0.262 e. The molecule has 4 rings (SSSR count). The van der Waals surface area contributed by atoms with E-state index in [1.807, 2.05) is 48.5 Å². The lowest BCUT2D eigenvalue weighted by atomic mass is 10.1. The normalized spacial score (nSPS) is 10.9. The van der Waals surface area contributed by atoms with Crippen molar-refractivity contribution in [3.05, 3.63) is 112 Å². The van der Waals surface area contributed by atoms with Crippen LogP contribution in [0.1, 0.15) is 27.0 Å². The summed E-state index contributed by atoms with van der Waals surface area (Å²) < 4.78 is 6.67. The Labute approximate surface area is 208 Å². The van der Waals surface area contributed by atoms with E-state index < -0.39 is 0 Å². The van der Waals surface area contributed by atoms with Gasteiger partial charge in [0, 0.05) is 25.0 Å². The van der Waals surface area contributed by atoms with Crippen LogP contribution in [-0.2, 0) is 17.0 Å². The van der Waals surface area contributed by atoms with E-state index in [4.69, 9.17) is 9.72 Å². The highest BCUT2D eigenvalue weighted by molar-refractivity contribution is 7.98. The molecule has 0 aliphatic heterocycles. The van der Waals surface area contributed by atoms with Crippen molar-refractivity contribution in [2.75, 3.05) is 20.3 Å². The summed E-state index contributed by atoms with van der Waals surface area (Å²) in [6.07, 6.45) is 1.81. The Balaban J connectivity index is 1.59. The van der Waals surface area contributed by atoms with Gasteiger partial charge in [0.05, 0.1) is 24.1 Å². The Morgan fingerprint density at radius 3 is 2.49 bits per heavy atom. The van der Waals surface area contributed by atoms with Crippen molar-refractivity contribution in [2.24, 2.45) is 0 Å². The van der Waals surface area contributed by atoms with Crippen LogP contribution in [0, 0.1) is 0 Å². The zero-order valence-electron chi connectivity index (χ0n) is 19.6. The number of rotatable bonds is 10. The summed E-state index contributed by atoms with van der Waals surface area (Å²) in [5.74, 6) is 0.528. The average Bonchev–Trinajstić information content (AvgIpc) is 2.90. The minimum absolute atomic E-state index is 0.0820. The van der Waals surface area contributed by atoms with Gasteiger partial charge in [-0.1, -0.05) is 72.9 Å². The summed E-state index contributed by atoms with van der Waals surface area (Å²) in [5, 5.41) is 4.05. The molecule has 0 fully saturated rings. The molecule has 1 aromatic heterocycles. The van der Waals surface area contributed by atoms with Crippen LogP contribution in [0.3, 0.4) is 0 Å². The van der Waals surface area contributed by atoms with Crippen molar-refractivity contribution >= 4 is 34.6 Å². The van der Waals surface area contributed by atoms with Gasteiger partial charge in [0.2, 0.25) is 0 Å². The van der Waals surface area contributed by atoms with E-state index >= 15 is 0 Å². The fourth-order valence-corrected chi connectivity index (χ4v) is 4.56. The number of hydrogen-bond acceptors (Lipinski definition) is 5. The number of aromatic nitrogens is 2. The molecule has 0 radical (unpaired) electrons. The molecule has 3 aromatic carbocycles. The van der Waals surface area contributed by atoms with Gasteiger partial charge in [-0.15, -0.1) is 0 Å². The highest BCUT2D eigenvalue weighted by atomic mass is 32.2. The maximum atomic E-state index is 13.4. The quantitative estimate of drug-likeness (QED) is 0.199. The van der Waals surface area contributed by atoms with Gasteiger partial charge in [-0.3, -0.25) is 14.2 Å². The summed E-state index contributed by atoms with van der Waals surface area (Å²) in [6, 6.07) is 22.8. The summed E-state index contributed by atoms with van der Waals surface area (Å²) in [7, 11) is 1.59. The molecule has 0 atom stereocenters. The second kappa shape index (κ2) is 11.6. The zero-order chi connectivity index (χ0) is 24.6. The van der Waals surface area contributed by atoms with Gasteiger partial charge in [0.15, 0.2) is 5.16 Å². The number of methoxy groups -OCH3 is 1. The lowest BCUT2D eigenvalue weighted by molar-refractivity contribution is 0.0937.